The Morgan fingerprint density at radius 2 is 2.12 bits per heavy atom. The van der Waals surface area contributed by atoms with Gasteiger partial charge in [0, 0.05) is 11.7 Å². The highest BCUT2D eigenvalue weighted by molar-refractivity contribution is 7.50. The Morgan fingerprint density at radius 1 is 1.41 bits per heavy atom. The molecule has 0 saturated carbocycles. The molecule has 0 radical (unpaired) electrons. The molecule has 2 aromatic rings. The number of amides is 1. The summed E-state index contributed by atoms with van der Waals surface area (Å²) in [4.78, 5) is 29.2. The molecule has 0 aliphatic carbocycles. The fourth-order valence-electron chi connectivity index (χ4n) is 1.73. The van der Waals surface area contributed by atoms with E-state index in [1.165, 1.54) is 0 Å². The summed E-state index contributed by atoms with van der Waals surface area (Å²) in [5, 5.41) is 1.66. The number of pyridine rings is 1. The predicted molar refractivity (Wildman–Crippen MR) is 61.6 cm³/mol. The Kier molecular flexibility index (Phi) is 2.79. The second kappa shape index (κ2) is 4.00. The molecule has 1 amide bonds. The first-order valence-electron chi connectivity index (χ1n) is 4.83. The molecule has 7 heteroatoms. The molecule has 0 bridgehead atoms. The fourth-order valence-corrected chi connectivity index (χ4v) is 2.10. The maximum absolute atomic E-state index is 11.7. The summed E-state index contributed by atoms with van der Waals surface area (Å²) >= 11 is 0. The molecule has 90 valence electrons. The highest BCUT2D eigenvalue weighted by Crippen LogP contribution is 2.29. The van der Waals surface area contributed by atoms with Crippen molar-refractivity contribution in [2.45, 2.75) is 6.92 Å². The number of hydrogen-bond donors (Lipinski definition) is 3. The number of carbonyl (C=O) groups excluding carboxylic acids is 1. The lowest BCUT2D eigenvalue weighted by Crippen LogP contribution is -2.22. The summed E-state index contributed by atoms with van der Waals surface area (Å²) in [6.07, 6.45) is 1.66. The van der Waals surface area contributed by atoms with Crippen molar-refractivity contribution < 1.29 is 19.1 Å². The molecule has 0 unspecified atom stereocenters. The van der Waals surface area contributed by atoms with Gasteiger partial charge in [0.15, 0.2) is 0 Å². The van der Waals surface area contributed by atoms with Crippen molar-refractivity contribution in [2.24, 2.45) is 0 Å². The third-order valence-corrected chi connectivity index (χ3v) is 2.83. The van der Waals surface area contributed by atoms with Crippen LogP contribution in [0.5, 0.6) is 0 Å². The molecule has 0 atom stereocenters. The largest absolute Gasteiger partial charge is 0.430 e. The first-order valence-corrected chi connectivity index (χ1v) is 6.44. The van der Waals surface area contributed by atoms with Gasteiger partial charge in [-0.2, -0.15) is 0 Å². The molecular weight excluding hydrogens is 243 g/mol. The van der Waals surface area contributed by atoms with Crippen LogP contribution in [-0.4, -0.2) is 20.1 Å². The Bertz CT molecular complexity index is 628. The average molecular weight is 254 g/mol. The molecule has 17 heavy (non-hydrogen) atoms. The Labute approximate surface area is 97.1 Å². The van der Waals surface area contributed by atoms with Gasteiger partial charge in [0.1, 0.15) is 5.69 Å². The maximum Gasteiger partial charge on any atom is 0.430 e. The van der Waals surface area contributed by atoms with Gasteiger partial charge in [-0.1, -0.05) is 6.07 Å². The monoisotopic (exact) mass is 254 g/mol. The van der Waals surface area contributed by atoms with Gasteiger partial charge in [-0.25, -0.2) is 4.57 Å². The van der Waals surface area contributed by atoms with Crippen LogP contribution in [0.2, 0.25) is 0 Å². The highest BCUT2D eigenvalue weighted by Gasteiger charge is 2.22. The lowest BCUT2D eigenvalue weighted by atomic mass is 10.2. The van der Waals surface area contributed by atoms with Gasteiger partial charge in [0.25, 0.3) is 5.91 Å². The van der Waals surface area contributed by atoms with Gasteiger partial charge in [-0.3, -0.25) is 9.88 Å². The van der Waals surface area contributed by atoms with Crippen LogP contribution in [0.25, 0.3) is 5.52 Å². The van der Waals surface area contributed by atoms with Gasteiger partial charge < -0.3 is 14.2 Å². The summed E-state index contributed by atoms with van der Waals surface area (Å²) < 4.78 is 12.3. The molecule has 0 aromatic carbocycles. The van der Waals surface area contributed by atoms with Crippen LogP contribution in [0.3, 0.4) is 0 Å². The number of nitrogens with one attached hydrogen (secondary N) is 1. The van der Waals surface area contributed by atoms with E-state index in [1.54, 1.807) is 40.8 Å². The zero-order valence-electron chi connectivity index (χ0n) is 8.99. The predicted octanol–water partition coefficient (Wildman–Crippen LogP) is 1.07. The van der Waals surface area contributed by atoms with E-state index in [0.29, 0.717) is 5.56 Å². The quantitative estimate of drug-likeness (QED) is 0.699. The van der Waals surface area contributed by atoms with E-state index in [1.807, 2.05) is 6.07 Å². The number of rotatable bonds is 2. The maximum atomic E-state index is 11.7. The fraction of sp³-hybridized carbons (Fsp3) is 0.100. The van der Waals surface area contributed by atoms with Gasteiger partial charge in [-0.05, 0) is 30.7 Å². The summed E-state index contributed by atoms with van der Waals surface area (Å²) in [6.45, 7) is 1.71. The molecule has 0 spiro atoms. The van der Waals surface area contributed by atoms with E-state index in [-0.39, 0.29) is 5.69 Å². The molecule has 0 fully saturated rings. The summed E-state index contributed by atoms with van der Waals surface area (Å²) in [7, 11) is -4.57. The smallest absolute Gasteiger partial charge is 0.312 e. The number of aromatic nitrogens is 1. The van der Waals surface area contributed by atoms with E-state index in [0.717, 1.165) is 5.52 Å². The molecule has 3 N–H and O–H groups in total. The summed E-state index contributed by atoms with van der Waals surface area (Å²) in [5.41, 5.74) is 1.67. The first kappa shape index (κ1) is 11.9. The van der Waals surface area contributed by atoms with Crippen LogP contribution in [-0.2, 0) is 4.57 Å². The summed E-state index contributed by atoms with van der Waals surface area (Å²) in [6, 6.07) is 7.13. The van der Waals surface area contributed by atoms with Crippen molar-refractivity contribution in [3.05, 3.63) is 41.7 Å². The SMILES string of the molecule is Cc1cc2ccccn2c1C(=O)NP(=O)(O)O. The van der Waals surface area contributed by atoms with Crippen molar-refractivity contribution in [1.29, 1.82) is 0 Å². The minimum atomic E-state index is -4.57. The minimum absolute atomic E-state index is 0.226. The van der Waals surface area contributed by atoms with E-state index < -0.39 is 13.7 Å². The van der Waals surface area contributed by atoms with Gasteiger partial charge in [0.2, 0.25) is 0 Å². The molecule has 0 aliphatic heterocycles. The van der Waals surface area contributed by atoms with Crippen molar-refractivity contribution in [3.8, 4) is 0 Å². The molecule has 2 heterocycles. The minimum Gasteiger partial charge on any atom is -0.312 e. The third kappa shape index (κ3) is 2.39. The van der Waals surface area contributed by atoms with Crippen LogP contribution in [0.4, 0.5) is 0 Å². The first-order chi connectivity index (χ1) is 7.88. The molecular formula is C10H11N2O4P. The normalized spacial score (nSPS) is 11.7. The van der Waals surface area contributed by atoms with Crippen LogP contribution in [0.15, 0.2) is 30.5 Å². The molecule has 2 aromatic heterocycles. The van der Waals surface area contributed by atoms with Gasteiger partial charge >= 0.3 is 7.75 Å². The van der Waals surface area contributed by atoms with Crippen molar-refractivity contribution >= 4 is 19.2 Å². The summed E-state index contributed by atoms with van der Waals surface area (Å²) in [5.74, 6) is -0.790. The van der Waals surface area contributed by atoms with Crippen LogP contribution < -0.4 is 5.09 Å². The van der Waals surface area contributed by atoms with Crippen molar-refractivity contribution in [1.82, 2.24) is 9.49 Å². The lowest BCUT2D eigenvalue weighted by Gasteiger charge is -2.07. The third-order valence-electron chi connectivity index (χ3n) is 2.33. The van der Waals surface area contributed by atoms with E-state index in [4.69, 9.17) is 9.79 Å². The Hall–Kier alpha value is -1.62. The van der Waals surface area contributed by atoms with Gasteiger partial charge in [0.05, 0.1) is 0 Å². The standard InChI is InChI=1S/C10H11N2O4P/c1-7-6-8-4-2-3-5-12(8)9(7)10(13)11-17(14,15)16/h2-6H,1H3,(H3,11,13,14,15,16). The number of hydrogen-bond acceptors (Lipinski definition) is 2. The Morgan fingerprint density at radius 3 is 2.76 bits per heavy atom. The zero-order valence-corrected chi connectivity index (χ0v) is 9.89. The van der Waals surface area contributed by atoms with Crippen LogP contribution >= 0.6 is 7.75 Å². The van der Waals surface area contributed by atoms with Crippen LogP contribution in [0.1, 0.15) is 16.1 Å². The lowest BCUT2D eigenvalue weighted by molar-refractivity contribution is 0.0965. The van der Waals surface area contributed by atoms with Crippen LogP contribution in [0, 0.1) is 6.92 Å². The zero-order chi connectivity index (χ0) is 12.6. The second-order valence-corrected chi connectivity index (χ2v) is 4.97. The number of aryl methyl sites for hydroxylation is 1. The van der Waals surface area contributed by atoms with E-state index in [9.17, 15) is 9.36 Å². The molecule has 0 saturated heterocycles. The average Bonchev–Trinajstić information content (AvgIpc) is 2.50. The van der Waals surface area contributed by atoms with E-state index in [2.05, 4.69) is 0 Å². The van der Waals surface area contributed by atoms with Crippen molar-refractivity contribution in [2.75, 3.05) is 0 Å². The number of fused-ring (bicyclic) bond motifs is 1. The molecule has 6 nitrogen and oxygen atoms in total. The second-order valence-electron chi connectivity index (χ2n) is 3.66. The van der Waals surface area contributed by atoms with Crippen molar-refractivity contribution in [3.63, 3.8) is 0 Å². The molecule has 0 aliphatic rings. The van der Waals surface area contributed by atoms with E-state index >= 15 is 0 Å². The topological polar surface area (TPSA) is 91.0 Å². The number of carbonyl (C=O) groups is 1. The highest BCUT2D eigenvalue weighted by atomic mass is 31.2. The Balaban J connectivity index is 2.52. The molecule has 2 rings (SSSR count). The van der Waals surface area contributed by atoms with Gasteiger partial charge in [-0.15, -0.1) is 0 Å². The number of nitrogens with zero attached hydrogens (tertiary/aromatic N) is 1.